The Bertz CT molecular complexity index is 902. The standard InChI is InChI=1S/C18H10O2/c19-9-13-5-3-11-1-2-12-4-6-14(10-20)16-8-7-15(13)17(11)18(12)16/h1-10H. The van der Waals surface area contributed by atoms with Crippen molar-refractivity contribution < 1.29 is 9.59 Å². The molecular weight excluding hydrogens is 248 g/mol. The SMILES string of the molecule is O=Cc1ccc2ccc3ccc(C=O)c4ccc1c2c34. The molecule has 4 aromatic carbocycles. The first-order chi connectivity index (χ1) is 9.83. The largest absolute Gasteiger partial charge is 0.298 e. The van der Waals surface area contributed by atoms with Gasteiger partial charge in [0.1, 0.15) is 0 Å². The molecular formula is C18H10O2. The minimum atomic E-state index is 0.684. The van der Waals surface area contributed by atoms with E-state index < -0.39 is 0 Å². The first-order valence-electron chi connectivity index (χ1n) is 6.44. The lowest BCUT2D eigenvalue weighted by Gasteiger charge is -2.12. The van der Waals surface area contributed by atoms with Crippen LogP contribution < -0.4 is 0 Å². The van der Waals surface area contributed by atoms with Gasteiger partial charge in [-0.15, -0.1) is 0 Å². The van der Waals surface area contributed by atoms with Crippen molar-refractivity contribution in [3.63, 3.8) is 0 Å². The molecule has 2 heteroatoms. The molecule has 0 radical (unpaired) electrons. The molecule has 4 rings (SSSR count). The predicted molar refractivity (Wildman–Crippen MR) is 80.9 cm³/mol. The third-order valence-electron chi connectivity index (χ3n) is 3.99. The summed E-state index contributed by atoms with van der Waals surface area (Å²) >= 11 is 0. The molecule has 0 aliphatic heterocycles. The normalized spacial score (nSPS) is 11.4. The van der Waals surface area contributed by atoms with Crippen LogP contribution in [0.2, 0.25) is 0 Å². The average molecular weight is 258 g/mol. The fourth-order valence-electron chi connectivity index (χ4n) is 3.05. The molecule has 2 nitrogen and oxygen atoms in total. The number of hydrogen-bond acceptors (Lipinski definition) is 2. The lowest BCUT2D eigenvalue weighted by atomic mass is 9.90. The summed E-state index contributed by atoms with van der Waals surface area (Å²) in [7, 11) is 0. The monoisotopic (exact) mass is 258 g/mol. The summed E-state index contributed by atoms with van der Waals surface area (Å²) < 4.78 is 0. The highest BCUT2D eigenvalue weighted by Crippen LogP contribution is 2.36. The molecule has 0 heterocycles. The second-order valence-corrected chi connectivity index (χ2v) is 4.97. The van der Waals surface area contributed by atoms with Crippen LogP contribution in [-0.4, -0.2) is 12.6 Å². The van der Waals surface area contributed by atoms with E-state index in [1.807, 2.05) is 36.4 Å². The lowest BCUT2D eigenvalue weighted by Crippen LogP contribution is -1.91. The molecule has 0 saturated heterocycles. The summed E-state index contributed by atoms with van der Waals surface area (Å²) in [5.74, 6) is 0. The van der Waals surface area contributed by atoms with Crippen molar-refractivity contribution in [1.29, 1.82) is 0 Å². The summed E-state index contributed by atoms with van der Waals surface area (Å²) in [5.41, 5.74) is 1.37. The molecule has 94 valence electrons. The van der Waals surface area contributed by atoms with E-state index in [2.05, 4.69) is 12.1 Å². The second kappa shape index (κ2) is 3.87. The van der Waals surface area contributed by atoms with E-state index >= 15 is 0 Å². The molecule has 0 aliphatic carbocycles. The van der Waals surface area contributed by atoms with Crippen LogP contribution in [0.1, 0.15) is 20.7 Å². The van der Waals surface area contributed by atoms with Gasteiger partial charge in [0.15, 0.2) is 12.6 Å². The zero-order valence-corrected chi connectivity index (χ0v) is 10.6. The summed E-state index contributed by atoms with van der Waals surface area (Å²) in [5, 5.41) is 6.19. The van der Waals surface area contributed by atoms with Gasteiger partial charge in [-0.1, -0.05) is 48.5 Å². The molecule has 4 aromatic rings. The summed E-state index contributed by atoms with van der Waals surface area (Å²) in [4.78, 5) is 22.4. The Labute approximate surface area is 115 Å². The molecule has 0 saturated carbocycles. The summed E-state index contributed by atoms with van der Waals surface area (Å²) in [6.07, 6.45) is 1.76. The van der Waals surface area contributed by atoms with E-state index in [1.54, 1.807) is 0 Å². The number of benzene rings is 4. The smallest absolute Gasteiger partial charge is 0.150 e. The third kappa shape index (κ3) is 1.28. The second-order valence-electron chi connectivity index (χ2n) is 4.97. The first-order valence-corrected chi connectivity index (χ1v) is 6.44. The van der Waals surface area contributed by atoms with Crippen molar-refractivity contribution in [2.24, 2.45) is 0 Å². The number of carbonyl (C=O) groups is 2. The van der Waals surface area contributed by atoms with Crippen LogP contribution >= 0.6 is 0 Å². The van der Waals surface area contributed by atoms with Gasteiger partial charge in [-0.25, -0.2) is 0 Å². The topological polar surface area (TPSA) is 34.1 Å². The molecule has 0 unspecified atom stereocenters. The molecule has 0 fully saturated rings. The van der Waals surface area contributed by atoms with E-state index in [9.17, 15) is 9.59 Å². The number of hydrogen-bond donors (Lipinski definition) is 0. The Morgan fingerprint density at radius 1 is 0.550 bits per heavy atom. The van der Waals surface area contributed by atoms with Crippen LogP contribution in [0.5, 0.6) is 0 Å². The predicted octanol–water partition coefficient (Wildman–Crippen LogP) is 4.21. The Balaban J connectivity index is 2.40. The molecule has 0 aromatic heterocycles. The van der Waals surface area contributed by atoms with Gasteiger partial charge in [0.05, 0.1) is 0 Å². The van der Waals surface area contributed by atoms with Crippen molar-refractivity contribution in [2.45, 2.75) is 0 Å². The minimum absolute atomic E-state index is 0.684. The first kappa shape index (κ1) is 11.1. The van der Waals surface area contributed by atoms with Crippen molar-refractivity contribution in [3.05, 3.63) is 59.7 Å². The Hall–Kier alpha value is -2.74. The van der Waals surface area contributed by atoms with Crippen molar-refractivity contribution >= 4 is 44.9 Å². The van der Waals surface area contributed by atoms with Crippen LogP contribution in [0.4, 0.5) is 0 Å². The van der Waals surface area contributed by atoms with Crippen molar-refractivity contribution in [2.75, 3.05) is 0 Å². The van der Waals surface area contributed by atoms with Gasteiger partial charge in [0, 0.05) is 11.1 Å². The Morgan fingerprint density at radius 2 is 0.950 bits per heavy atom. The highest BCUT2D eigenvalue weighted by Gasteiger charge is 2.12. The van der Waals surface area contributed by atoms with Gasteiger partial charge in [0.2, 0.25) is 0 Å². The van der Waals surface area contributed by atoms with E-state index in [0.29, 0.717) is 11.1 Å². The van der Waals surface area contributed by atoms with Crippen LogP contribution in [-0.2, 0) is 0 Å². The van der Waals surface area contributed by atoms with Crippen LogP contribution in [0.3, 0.4) is 0 Å². The highest BCUT2D eigenvalue weighted by atomic mass is 16.1. The van der Waals surface area contributed by atoms with Crippen molar-refractivity contribution in [3.8, 4) is 0 Å². The maximum absolute atomic E-state index is 11.2. The third-order valence-corrected chi connectivity index (χ3v) is 3.99. The molecule has 20 heavy (non-hydrogen) atoms. The summed E-state index contributed by atoms with van der Waals surface area (Å²) in [6, 6.07) is 15.6. The number of aldehydes is 2. The molecule has 0 atom stereocenters. The number of rotatable bonds is 2. The molecule has 0 N–H and O–H groups in total. The Kier molecular flexibility index (Phi) is 2.15. The van der Waals surface area contributed by atoms with E-state index in [-0.39, 0.29) is 0 Å². The molecule has 0 spiro atoms. The van der Waals surface area contributed by atoms with Gasteiger partial charge in [0.25, 0.3) is 0 Å². The van der Waals surface area contributed by atoms with E-state index in [0.717, 1.165) is 44.9 Å². The lowest BCUT2D eigenvalue weighted by molar-refractivity contribution is 0.111. The fraction of sp³-hybridized carbons (Fsp3) is 0. The molecule has 0 amide bonds. The van der Waals surface area contributed by atoms with E-state index in [4.69, 9.17) is 0 Å². The number of carbonyl (C=O) groups excluding carboxylic acids is 2. The molecule has 0 bridgehead atoms. The van der Waals surface area contributed by atoms with Crippen molar-refractivity contribution in [1.82, 2.24) is 0 Å². The van der Waals surface area contributed by atoms with Gasteiger partial charge in [-0.05, 0) is 32.3 Å². The quantitative estimate of drug-likeness (QED) is 0.398. The zero-order valence-electron chi connectivity index (χ0n) is 10.6. The maximum atomic E-state index is 11.2. The van der Waals surface area contributed by atoms with Gasteiger partial charge in [-0.2, -0.15) is 0 Å². The minimum Gasteiger partial charge on any atom is -0.298 e. The summed E-state index contributed by atoms with van der Waals surface area (Å²) in [6.45, 7) is 0. The van der Waals surface area contributed by atoms with Gasteiger partial charge >= 0.3 is 0 Å². The fourth-order valence-corrected chi connectivity index (χ4v) is 3.05. The van der Waals surface area contributed by atoms with Crippen LogP contribution in [0, 0.1) is 0 Å². The van der Waals surface area contributed by atoms with E-state index in [1.165, 1.54) is 0 Å². The maximum Gasteiger partial charge on any atom is 0.150 e. The van der Waals surface area contributed by atoms with Crippen LogP contribution in [0.15, 0.2) is 48.5 Å². The highest BCUT2D eigenvalue weighted by molar-refractivity contribution is 6.27. The Morgan fingerprint density at radius 3 is 1.35 bits per heavy atom. The van der Waals surface area contributed by atoms with Crippen LogP contribution in [0.25, 0.3) is 32.3 Å². The zero-order chi connectivity index (χ0) is 13.7. The average Bonchev–Trinajstić information content (AvgIpc) is 2.52. The molecule has 0 aliphatic rings. The van der Waals surface area contributed by atoms with Gasteiger partial charge in [-0.3, -0.25) is 9.59 Å². The van der Waals surface area contributed by atoms with Gasteiger partial charge < -0.3 is 0 Å².